The summed E-state index contributed by atoms with van der Waals surface area (Å²) >= 11 is 0. The number of nitrogens with one attached hydrogen (secondary N) is 1. The fourth-order valence-electron chi connectivity index (χ4n) is 1.28. The van der Waals surface area contributed by atoms with Crippen molar-refractivity contribution >= 4 is 11.7 Å². The summed E-state index contributed by atoms with van der Waals surface area (Å²) in [6, 6.07) is 5.74. The van der Waals surface area contributed by atoms with Gasteiger partial charge in [0.2, 0.25) is 5.95 Å². The van der Waals surface area contributed by atoms with Gasteiger partial charge < -0.3 is 9.73 Å². The van der Waals surface area contributed by atoms with Crippen LogP contribution in [0.3, 0.4) is 0 Å². The largest absolute Gasteiger partial charge is 0.469 e. The molecular weight excluding hydrogens is 211 g/mol. The number of rotatable bonds is 2. The molecule has 4 nitrogen and oxygen atoms in total. The molecule has 0 saturated heterocycles. The molecule has 0 atom stereocenters. The minimum Gasteiger partial charge on any atom is -0.469 e. The van der Waals surface area contributed by atoms with Crippen LogP contribution in [0.4, 0.5) is 10.2 Å². The van der Waals surface area contributed by atoms with Crippen molar-refractivity contribution in [1.29, 1.82) is 0 Å². The molecule has 0 bridgehead atoms. The first-order valence-corrected chi connectivity index (χ1v) is 4.65. The van der Waals surface area contributed by atoms with Gasteiger partial charge in [-0.3, -0.25) is 4.79 Å². The maximum absolute atomic E-state index is 12.8. The molecule has 0 radical (unpaired) electrons. The molecule has 0 unspecified atom stereocenters. The van der Waals surface area contributed by atoms with E-state index in [1.165, 1.54) is 24.5 Å². The number of aryl methyl sites for hydroxylation is 1. The average molecular weight is 220 g/mol. The van der Waals surface area contributed by atoms with Crippen LogP contribution in [0.2, 0.25) is 0 Å². The molecule has 2 heterocycles. The first kappa shape index (κ1) is 10.4. The lowest BCUT2D eigenvalue weighted by atomic mass is 10.2. The molecule has 0 aliphatic carbocycles. The van der Waals surface area contributed by atoms with Crippen LogP contribution in [0.5, 0.6) is 0 Å². The highest BCUT2D eigenvalue weighted by atomic mass is 19.1. The van der Waals surface area contributed by atoms with Gasteiger partial charge in [0, 0.05) is 0 Å². The van der Waals surface area contributed by atoms with Gasteiger partial charge in [-0.1, -0.05) is 6.07 Å². The second kappa shape index (κ2) is 4.14. The van der Waals surface area contributed by atoms with Crippen LogP contribution in [-0.4, -0.2) is 10.9 Å². The highest BCUT2D eigenvalue weighted by Gasteiger charge is 2.11. The first-order chi connectivity index (χ1) is 7.66. The lowest BCUT2D eigenvalue weighted by molar-refractivity contribution is 0.102. The first-order valence-electron chi connectivity index (χ1n) is 4.65. The number of nitrogens with zero attached hydrogens (tertiary/aromatic N) is 1. The minimum absolute atomic E-state index is 0.172. The van der Waals surface area contributed by atoms with E-state index in [1.54, 1.807) is 13.0 Å². The van der Waals surface area contributed by atoms with Crippen LogP contribution >= 0.6 is 0 Å². The third-order valence-corrected chi connectivity index (χ3v) is 2.06. The van der Waals surface area contributed by atoms with Crippen LogP contribution < -0.4 is 5.32 Å². The van der Waals surface area contributed by atoms with Crippen LogP contribution in [0.1, 0.15) is 16.1 Å². The summed E-state index contributed by atoms with van der Waals surface area (Å²) in [7, 11) is 0. The van der Waals surface area contributed by atoms with Crippen LogP contribution in [0.25, 0.3) is 0 Å². The van der Waals surface area contributed by atoms with E-state index in [9.17, 15) is 9.18 Å². The number of hydrogen-bond acceptors (Lipinski definition) is 3. The van der Waals surface area contributed by atoms with Gasteiger partial charge in [-0.2, -0.15) is 4.39 Å². The van der Waals surface area contributed by atoms with Gasteiger partial charge in [0.15, 0.2) is 0 Å². The number of pyridine rings is 1. The van der Waals surface area contributed by atoms with Crippen molar-refractivity contribution in [3.63, 3.8) is 0 Å². The Kier molecular flexibility index (Phi) is 2.68. The number of anilines is 1. The van der Waals surface area contributed by atoms with E-state index >= 15 is 0 Å². The normalized spacial score (nSPS) is 10.1. The van der Waals surface area contributed by atoms with Gasteiger partial charge in [-0.15, -0.1) is 0 Å². The number of hydrogen-bond donors (Lipinski definition) is 1. The van der Waals surface area contributed by atoms with Crippen molar-refractivity contribution in [2.24, 2.45) is 0 Å². The third kappa shape index (κ3) is 2.08. The smallest absolute Gasteiger partial charge is 0.260 e. The Morgan fingerprint density at radius 2 is 2.25 bits per heavy atom. The molecule has 16 heavy (non-hydrogen) atoms. The summed E-state index contributed by atoms with van der Waals surface area (Å²) in [6.07, 6.45) is 1.42. The van der Waals surface area contributed by atoms with E-state index in [0.29, 0.717) is 11.3 Å². The molecule has 0 aliphatic rings. The minimum atomic E-state index is -0.637. The molecule has 1 amide bonds. The number of amides is 1. The Morgan fingerprint density at radius 1 is 1.44 bits per heavy atom. The van der Waals surface area contributed by atoms with Gasteiger partial charge in [0.25, 0.3) is 5.91 Å². The van der Waals surface area contributed by atoms with E-state index in [1.807, 2.05) is 0 Å². The van der Waals surface area contributed by atoms with Crippen molar-refractivity contribution in [3.8, 4) is 0 Å². The van der Waals surface area contributed by atoms with Crippen LogP contribution in [0.15, 0.2) is 34.9 Å². The second-order valence-electron chi connectivity index (χ2n) is 3.19. The van der Waals surface area contributed by atoms with Crippen molar-refractivity contribution in [2.75, 3.05) is 5.32 Å². The standard InChI is InChI=1S/C11H9FN2O2/c1-7-8(5-6-16-7)11(15)14-10-4-2-3-9(12)13-10/h2-6H,1H3,(H,13,14,15). The van der Waals surface area contributed by atoms with Crippen molar-refractivity contribution in [2.45, 2.75) is 6.92 Å². The average Bonchev–Trinajstić information content (AvgIpc) is 2.64. The second-order valence-corrected chi connectivity index (χ2v) is 3.19. The number of furan rings is 1. The molecule has 2 aromatic heterocycles. The quantitative estimate of drug-likeness (QED) is 0.790. The van der Waals surface area contributed by atoms with Crippen LogP contribution in [-0.2, 0) is 0 Å². The van der Waals surface area contributed by atoms with E-state index in [2.05, 4.69) is 10.3 Å². The van der Waals surface area contributed by atoms with Gasteiger partial charge in [0.1, 0.15) is 11.6 Å². The van der Waals surface area contributed by atoms with E-state index in [-0.39, 0.29) is 11.7 Å². The summed E-state index contributed by atoms with van der Waals surface area (Å²) in [6.45, 7) is 1.67. The fourth-order valence-corrected chi connectivity index (χ4v) is 1.28. The van der Waals surface area contributed by atoms with Crippen molar-refractivity contribution in [3.05, 3.63) is 47.8 Å². The lowest BCUT2D eigenvalue weighted by Gasteiger charge is -2.02. The van der Waals surface area contributed by atoms with Crippen LogP contribution in [0, 0.1) is 12.9 Å². The molecular formula is C11H9FN2O2. The molecule has 82 valence electrons. The number of carbonyl (C=O) groups excluding carboxylic acids is 1. The molecule has 0 saturated carbocycles. The molecule has 0 aromatic carbocycles. The Labute approximate surface area is 91.1 Å². The predicted octanol–water partition coefficient (Wildman–Crippen LogP) is 2.37. The number of halogens is 1. The highest BCUT2D eigenvalue weighted by Crippen LogP contribution is 2.11. The Hall–Kier alpha value is -2.17. The van der Waals surface area contributed by atoms with Gasteiger partial charge in [-0.05, 0) is 25.1 Å². The zero-order valence-electron chi connectivity index (χ0n) is 8.53. The zero-order chi connectivity index (χ0) is 11.5. The summed E-state index contributed by atoms with van der Waals surface area (Å²) in [5.41, 5.74) is 0.408. The Morgan fingerprint density at radius 3 is 2.88 bits per heavy atom. The molecule has 0 aliphatic heterocycles. The fraction of sp³-hybridized carbons (Fsp3) is 0.0909. The Balaban J connectivity index is 2.17. The van der Waals surface area contributed by atoms with E-state index < -0.39 is 5.95 Å². The zero-order valence-corrected chi connectivity index (χ0v) is 8.53. The van der Waals surface area contributed by atoms with Crippen molar-refractivity contribution < 1.29 is 13.6 Å². The molecule has 1 N–H and O–H groups in total. The summed E-state index contributed by atoms with van der Waals surface area (Å²) in [5.74, 6) is -0.328. The van der Waals surface area contributed by atoms with Gasteiger partial charge in [-0.25, -0.2) is 4.98 Å². The Bertz CT molecular complexity index is 522. The van der Waals surface area contributed by atoms with E-state index in [0.717, 1.165) is 0 Å². The molecule has 5 heteroatoms. The number of carbonyl (C=O) groups is 1. The maximum Gasteiger partial charge on any atom is 0.260 e. The third-order valence-electron chi connectivity index (χ3n) is 2.06. The molecule has 2 aromatic rings. The topological polar surface area (TPSA) is 55.1 Å². The predicted molar refractivity (Wildman–Crippen MR) is 55.6 cm³/mol. The number of aromatic nitrogens is 1. The van der Waals surface area contributed by atoms with Crippen molar-refractivity contribution in [1.82, 2.24) is 4.98 Å². The highest BCUT2D eigenvalue weighted by molar-refractivity contribution is 6.04. The SMILES string of the molecule is Cc1occc1C(=O)Nc1cccc(F)n1. The summed E-state index contributed by atoms with van der Waals surface area (Å²) in [5, 5.41) is 2.48. The monoisotopic (exact) mass is 220 g/mol. The van der Waals surface area contributed by atoms with E-state index in [4.69, 9.17) is 4.42 Å². The lowest BCUT2D eigenvalue weighted by Crippen LogP contribution is -2.13. The summed E-state index contributed by atoms with van der Waals surface area (Å²) < 4.78 is 17.8. The molecule has 0 spiro atoms. The molecule has 2 rings (SSSR count). The van der Waals surface area contributed by atoms with Gasteiger partial charge >= 0.3 is 0 Å². The maximum atomic E-state index is 12.8. The summed E-state index contributed by atoms with van der Waals surface area (Å²) in [4.78, 5) is 15.2. The van der Waals surface area contributed by atoms with Gasteiger partial charge in [0.05, 0.1) is 11.8 Å². The molecule has 0 fully saturated rings.